The number of benzene rings is 2. The molecule has 2 aromatic carbocycles. The second-order valence-electron chi connectivity index (χ2n) is 10.7. The summed E-state index contributed by atoms with van der Waals surface area (Å²) >= 11 is 0. The van der Waals surface area contributed by atoms with Crippen molar-refractivity contribution in [2.45, 2.75) is 43.0 Å². The molecule has 2 aromatic heterocycles. The molecule has 17 heteroatoms. The molecule has 2 amide bonds. The minimum Gasteiger partial charge on any atom is -0.472 e. The molecular weight excluding hydrogens is 652 g/mol. The van der Waals surface area contributed by atoms with E-state index in [0.29, 0.717) is 35.8 Å². The first-order valence-electron chi connectivity index (χ1n) is 14.8. The Morgan fingerprint density at radius 3 is 2.31 bits per heavy atom. The maximum Gasteiger partial charge on any atom is 0.404 e. The lowest BCUT2D eigenvalue weighted by Crippen LogP contribution is -2.34. The van der Waals surface area contributed by atoms with Crippen LogP contribution in [0.3, 0.4) is 0 Å². The number of nitrogens with two attached hydrogens (primary N) is 1. The largest absolute Gasteiger partial charge is 0.472 e. The van der Waals surface area contributed by atoms with Crippen LogP contribution >= 0.6 is 0 Å². The summed E-state index contributed by atoms with van der Waals surface area (Å²) in [5.74, 6) is -0.241. The van der Waals surface area contributed by atoms with Gasteiger partial charge in [-0.2, -0.15) is 23.8 Å². The lowest BCUT2D eigenvalue weighted by atomic mass is 10.1. The summed E-state index contributed by atoms with van der Waals surface area (Å²) in [6, 6.07) is 14.5. The smallest absolute Gasteiger partial charge is 0.404 e. The number of rotatable bonds is 14. The summed E-state index contributed by atoms with van der Waals surface area (Å²) in [4.78, 5) is 32.3. The fourth-order valence-corrected chi connectivity index (χ4v) is 6.09. The molecule has 3 N–H and O–H groups in total. The number of nitrogens with one attached hydrogen (secondary N) is 1. The summed E-state index contributed by atoms with van der Waals surface area (Å²) in [5.41, 5.74) is 7.17. The van der Waals surface area contributed by atoms with Gasteiger partial charge in [-0.05, 0) is 48.0 Å². The van der Waals surface area contributed by atoms with Crippen LogP contribution in [0.25, 0.3) is 5.69 Å². The van der Waals surface area contributed by atoms with Gasteiger partial charge in [0.15, 0.2) is 9.84 Å². The van der Waals surface area contributed by atoms with Gasteiger partial charge >= 0.3 is 12.7 Å². The zero-order chi connectivity index (χ0) is 34.3. The van der Waals surface area contributed by atoms with Crippen molar-refractivity contribution in [3.05, 3.63) is 90.4 Å². The molecule has 14 nitrogen and oxygen atoms in total. The first-order chi connectivity index (χ1) is 23.0. The Morgan fingerprint density at radius 2 is 1.71 bits per heavy atom. The molecule has 0 unspecified atom stereocenters. The van der Waals surface area contributed by atoms with E-state index in [1.807, 2.05) is 4.90 Å². The zero-order valence-electron chi connectivity index (χ0n) is 25.7. The normalized spacial score (nSPS) is 16.9. The summed E-state index contributed by atoms with van der Waals surface area (Å²) in [6.45, 7) is -1.62. The first kappa shape index (κ1) is 34.2. The molecule has 5 rings (SSSR count). The Hall–Kier alpha value is -5.16. The van der Waals surface area contributed by atoms with Crippen molar-refractivity contribution in [3.8, 4) is 11.6 Å². The minimum atomic E-state index is -3.44. The highest BCUT2D eigenvalue weighted by atomic mass is 32.2. The molecule has 1 fully saturated rings. The molecule has 0 bridgehead atoms. The number of aromatic nitrogens is 4. The average molecular weight is 686 g/mol. The number of pyridine rings is 1. The predicted molar refractivity (Wildman–Crippen MR) is 168 cm³/mol. The number of anilines is 1. The van der Waals surface area contributed by atoms with Crippen molar-refractivity contribution in [1.82, 2.24) is 25.3 Å². The lowest BCUT2D eigenvalue weighted by molar-refractivity contribution is -0.131. The van der Waals surface area contributed by atoms with Crippen LogP contribution in [0.4, 0.5) is 19.3 Å². The Morgan fingerprint density at radius 1 is 1.02 bits per heavy atom. The summed E-state index contributed by atoms with van der Waals surface area (Å²) in [7, 11) is -3.44. The molecule has 0 radical (unpaired) electrons. The molecule has 1 aliphatic heterocycles. The Kier molecular flexibility index (Phi) is 10.8. The minimum absolute atomic E-state index is 0.0745. The van der Waals surface area contributed by atoms with Crippen molar-refractivity contribution < 1.29 is 41.0 Å². The lowest BCUT2D eigenvalue weighted by Gasteiger charge is -2.26. The van der Waals surface area contributed by atoms with Gasteiger partial charge in [0, 0.05) is 23.7 Å². The van der Waals surface area contributed by atoms with Crippen LogP contribution in [0.5, 0.6) is 5.88 Å². The number of primary amides is 1. The summed E-state index contributed by atoms with van der Waals surface area (Å²) in [6.07, 6.45) is 3.58. The fraction of sp³-hybridized carbons (Fsp3) is 0.323. The van der Waals surface area contributed by atoms with Gasteiger partial charge in [-0.1, -0.05) is 19.1 Å². The number of ether oxygens (including phenoxy) is 3. The number of amides is 2. The second-order valence-corrected chi connectivity index (χ2v) is 13.0. The molecule has 1 aliphatic rings. The number of hydrogen-bond acceptors (Lipinski definition) is 11. The van der Waals surface area contributed by atoms with E-state index in [9.17, 15) is 26.8 Å². The molecule has 1 saturated heterocycles. The highest BCUT2D eigenvalue weighted by Gasteiger charge is 2.35. The monoisotopic (exact) mass is 685 g/mol. The molecule has 0 spiro atoms. The van der Waals surface area contributed by atoms with Gasteiger partial charge in [-0.15, -0.1) is 0 Å². The van der Waals surface area contributed by atoms with Crippen LogP contribution in [0.15, 0.2) is 84.1 Å². The van der Waals surface area contributed by atoms with E-state index in [1.54, 1.807) is 55.0 Å². The van der Waals surface area contributed by atoms with E-state index in [2.05, 4.69) is 25.2 Å². The molecule has 3 heterocycles. The number of sulfone groups is 1. The maximum absolute atomic E-state index is 13.2. The molecule has 3 atom stereocenters. The van der Waals surface area contributed by atoms with E-state index in [0.717, 1.165) is 0 Å². The molecule has 0 aliphatic carbocycles. The van der Waals surface area contributed by atoms with Crippen molar-refractivity contribution in [2.75, 3.05) is 30.4 Å². The Balaban J connectivity index is 1.27. The number of alkyl halides is 2. The highest BCUT2D eigenvalue weighted by molar-refractivity contribution is 7.91. The van der Waals surface area contributed by atoms with E-state index >= 15 is 0 Å². The molecule has 0 saturated carbocycles. The third-order valence-electron chi connectivity index (χ3n) is 7.63. The van der Waals surface area contributed by atoms with Gasteiger partial charge in [0.2, 0.25) is 5.88 Å². The fourth-order valence-electron chi connectivity index (χ4n) is 5.20. The second kappa shape index (κ2) is 15.2. The molecule has 48 heavy (non-hydrogen) atoms. The summed E-state index contributed by atoms with van der Waals surface area (Å²) < 4.78 is 66.0. The van der Waals surface area contributed by atoms with Crippen molar-refractivity contribution in [3.63, 3.8) is 0 Å². The zero-order valence-corrected chi connectivity index (χ0v) is 26.5. The number of carbonyl (C=O) groups is 2. The van der Waals surface area contributed by atoms with Gasteiger partial charge in [-0.25, -0.2) is 18.2 Å². The van der Waals surface area contributed by atoms with Crippen molar-refractivity contribution >= 4 is 27.5 Å². The van der Waals surface area contributed by atoms with Crippen molar-refractivity contribution in [2.24, 2.45) is 5.73 Å². The van der Waals surface area contributed by atoms with E-state index in [1.165, 1.54) is 36.0 Å². The van der Waals surface area contributed by atoms with Crippen LogP contribution in [-0.4, -0.2) is 84.7 Å². The number of halogens is 2. The Bertz CT molecular complexity index is 1780. The molecular formula is C31H33F2N7O7S. The third kappa shape index (κ3) is 8.60. The van der Waals surface area contributed by atoms with Crippen LogP contribution in [0.1, 0.15) is 35.3 Å². The summed E-state index contributed by atoms with van der Waals surface area (Å²) in [5, 5.41) is 10.9. The topological polar surface area (TPSA) is 181 Å². The number of hydrogen-bond donors (Lipinski definition) is 2. The van der Waals surface area contributed by atoms with Gasteiger partial charge in [0.1, 0.15) is 18.4 Å². The predicted octanol–water partition coefficient (Wildman–Crippen LogP) is 3.29. The number of carbonyl (C=O) groups excluding carboxylic acids is 2. The standard InChI is InChI=1S/C31H33F2N7O7S/c1-2-48(43,44)26-10-5-20(6-11-26)27(19-46-31(34)42)38-29(41)21-3-7-22(8-4-21)39-17-25(15-24(39)18-45-30(32)33)47-28-12-9-23(16-35-28)40-36-13-14-37-40/h3-14,16,24-25,27,30H,2,15,17-19H2,1H3,(H2,34,42)(H,38,41)/t24-,25-,27-/m0/s1. The average Bonchev–Trinajstić information content (AvgIpc) is 3.77. The first-order valence-corrected chi connectivity index (χ1v) is 16.5. The molecule has 254 valence electrons. The van der Waals surface area contributed by atoms with Gasteiger partial charge in [0.25, 0.3) is 5.91 Å². The van der Waals surface area contributed by atoms with E-state index in [4.69, 9.17) is 15.2 Å². The number of nitrogens with zero attached hydrogens (tertiary/aromatic N) is 5. The highest BCUT2D eigenvalue weighted by Crippen LogP contribution is 2.29. The van der Waals surface area contributed by atoms with Gasteiger partial charge in [0.05, 0.1) is 54.5 Å². The van der Waals surface area contributed by atoms with E-state index < -0.39 is 46.6 Å². The maximum atomic E-state index is 13.2. The van der Waals surface area contributed by atoms with E-state index in [-0.39, 0.29) is 29.4 Å². The van der Waals surface area contributed by atoms with Crippen LogP contribution in [0, 0.1) is 0 Å². The van der Waals surface area contributed by atoms with Gasteiger partial charge in [-0.3, -0.25) is 4.79 Å². The Labute approximate surface area is 274 Å². The SMILES string of the molecule is CCS(=O)(=O)c1ccc([C@H](COC(N)=O)NC(=O)c2ccc(N3C[C@@H](Oc4ccc(-n5nccn5)cn4)C[C@H]3COC(F)F)cc2)cc1. The quantitative estimate of drug-likeness (QED) is 0.199. The van der Waals surface area contributed by atoms with Crippen molar-refractivity contribution in [1.29, 1.82) is 0 Å². The van der Waals surface area contributed by atoms with Crippen LogP contribution in [0.2, 0.25) is 0 Å². The van der Waals surface area contributed by atoms with Crippen LogP contribution in [-0.2, 0) is 19.3 Å². The van der Waals surface area contributed by atoms with Crippen LogP contribution < -0.4 is 20.7 Å². The third-order valence-corrected chi connectivity index (χ3v) is 9.38. The molecule has 4 aromatic rings. The van der Waals surface area contributed by atoms with Gasteiger partial charge < -0.3 is 30.2 Å².